The number of rotatable bonds is 8. The Morgan fingerprint density at radius 1 is 1.12 bits per heavy atom. The smallest absolute Gasteiger partial charge is 0.407 e. The number of pyridine rings is 1. The van der Waals surface area contributed by atoms with Crippen LogP contribution in [0.5, 0.6) is 0 Å². The van der Waals surface area contributed by atoms with E-state index in [0.29, 0.717) is 30.3 Å². The minimum atomic E-state index is -4.05. The molecule has 220 valence electrons. The van der Waals surface area contributed by atoms with Gasteiger partial charge in [0.1, 0.15) is 5.65 Å². The number of anilines is 2. The number of carboxylic acid groups (broad SMARTS) is 1. The van der Waals surface area contributed by atoms with Crippen LogP contribution in [0, 0.1) is 11.6 Å². The summed E-state index contributed by atoms with van der Waals surface area (Å²) in [5, 5.41) is 12.8. The number of halogens is 2. The molecule has 1 amide bonds. The number of hydrogen-bond acceptors (Lipinski definition) is 7. The van der Waals surface area contributed by atoms with E-state index < -0.39 is 44.8 Å². The molecule has 3 heterocycles. The van der Waals surface area contributed by atoms with E-state index in [9.17, 15) is 23.1 Å². The zero-order valence-electron chi connectivity index (χ0n) is 22.5. The Morgan fingerprint density at radius 2 is 1.88 bits per heavy atom. The number of likely N-dealkylation sites (tertiary alicyclic amines) is 1. The van der Waals surface area contributed by atoms with Crippen LogP contribution in [0.15, 0.2) is 59.5 Å². The van der Waals surface area contributed by atoms with Crippen molar-refractivity contribution in [2.75, 3.05) is 23.1 Å². The molecular formula is C28H28F2N6O5S. The minimum Gasteiger partial charge on any atom is -0.465 e. The van der Waals surface area contributed by atoms with E-state index >= 15 is 8.78 Å². The fraction of sp³-hybridized carbons (Fsp3) is 0.286. The highest BCUT2D eigenvalue weighted by molar-refractivity contribution is 7.91. The van der Waals surface area contributed by atoms with E-state index in [1.807, 2.05) is 0 Å². The van der Waals surface area contributed by atoms with Gasteiger partial charge in [-0.3, -0.25) is 14.1 Å². The molecule has 2 aromatic heterocycles. The average Bonchev–Trinajstić information content (AvgIpc) is 2.96. The van der Waals surface area contributed by atoms with Crippen molar-refractivity contribution in [3.63, 3.8) is 0 Å². The van der Waals surface area contributed by atoms with Gasteiger partial charge in [0.25, 0.3) is 5.56 Å². The Hall–Kier alpha value is -4.59. The topological polar surface area (TPSA) is 147 Å². The van der Waals surface area contributed by atoms with Crippen molar-refractivity contribution < 1.29 is 27.1 Å². The number of benzene rings is 2. The number of carbonyl (C=O) groups is 1. The summed E-state index contributed by atoms with van der Waals surface area (Å²) in [5.41, 5.74) is -0.952. The number of aryl methyl sites for hydroxylation is 1. The first kappa shape index (κ1) is 28.9. The van der Waals surface area contributed by atoms with Gasteiger partial charge < -0.3 is 15.3 Å². The van der Waals surface area contributed by atoms with Crippen LogP contribution in [-0.2, 0) is 22.3 Å². The summed E-state index contributed by atoms with van der Waals surface area (Å²) in [6.45, 7) is 2.58. The van der Waals surface area contributed by atoms with Crippen molar-refractivity contribution in [2.24, 2.45) is 0 Å². The van der Waals surface area contributed by atoms with Gasteiger partial charge in [-0.1, -0.05) is 30.3 Å². The third-order valence-electron chi connectivity index (χ3n) is 7.01. The van der Waals surface area contributed by atoms with E-state index in [-0.39, 0.29) is 41.9 Å². The lowest BCUT2D eigenvalue weighted by atomic mass is 10.0. The van der Waals surface area contributed by atoms with Crippen LogP contribution in [0.3, 0.4) is 0 Å². The molecule has 14 heteroatoms. The number of aromatic nitrogens is 3. The third kappa shape index (κ3) is 6.03. The molecular weight excluding hydrogens is 570 g/mol. The highest BCUT2D eigenvalue weighted by Gasteiger charge is 2.25. The number of hydrogen-bond donors (Lipinski definition) is 3. The lowest BCUT2D eigenvalue weighted by molar-refractivity contribution is 0.132. The molecule has 2 aromatic carbocycles. The number of sulfonamides is 1. The Labute approximate surface area is 239 Å². The summed E-state index contributed by atoms with van der Waals surface area (Å²) < 4.78 is 59.0. The second kappa shape index (κ2) is 11.7. The van der Waals surface area contributed by atoms with Crippen molar-refractivity contribution in [2.45, 2.75) is 38.1 Å². The predicted molar refractivity (Wildman–Crippen MR) is 154 cm³/mol. The van der Waals surface area contributed by atoms with Gasteiger partial charge in [-0.05, 0) is 43.5 Å². The van der Waals surface area contributed by atoms with Gasteiger partial charge in [-0.2, -0.15) is 4.98 Å². The summed E-state index contributed by atoms with van der Waals surface area (Å²) in [6, 6.07) is 11.6. The van der Waals surface area contributed by atoms with E-state index in [0.717, 1.165) is 12.1 Å². The lowest BCUT2D eigenvalue weighted by Crippen LogP contribution is -2.44. The Balaban J connectivity index is 1.44. The average molecular weight is 599 g/mol. The highest BCUT2D eigenvalue weighted by Crippen LogP contribution is 2.29. The zero-order chi connectivity index (χ0) is 30.0. The van der Waals surface area contributed by atoms with Crippen molar-refractivity contribution in [3.05, 3.63) is 82.3 Å². The molecule has 0 bridgehead atoms. The standard InChI is InChI=1S/C28H28F2N6O5S/c1-2-36-25-18(14-31-27(33-25)32-19-9-6-12-35(15-19)28(38)39)13-21(26(36)37)20-10-11-22(24(30)23(20)29)34-42(40,41)16-17-7-4-3-5-8-17/h3-5,7-8,10-11,13-14,19,34H,2,6,9,12,15-16H2,1H3,(H,38,39)(H,31,32,33)/t19-/m0/s1. The summed E-state index contributed by atoms with van der Waals surface area (Å²) in [6.07, 6.45) is 1.83. The number of piperidine rings is 1. The fourth-order valence-electron chi connectivity index (χ4n) is 5.00. The van der Waals surface area contributed by atoms with Gasteiger partial charge in [0, 0.05) is 42.8 Å². The van der Waals surface area contributed by atoms with Gasteiger partial charge >= 0.3 is 6.09 Å². The highest BCUT2D eigenvalue weighted by atomic mass is 32.2. The molecule has 0 spiro atoms. The van der Waals surface area contributed by atoms with Crippen LogP contribution in [0.4, 0.5) is 25.2 Å². The molecule has 0 saturated carbocycles. The van der Waals surface area contributed by atoms with Crippen molar-refractivity contribution >= 4 is 38.8 Å². The molecule has 1 aliphatic heterocycles. The van der Waals surface area contributed by atoms with Gasteiger partial charge in [-0.15, -0.1) is 0 Å². The number of nitrogens with one attached hydrogen (secondary N) is 2. The van der Waals surface area contributed by atoms with E-state index in [1.165, 1.54) is 21.7 Å². The molecule has 4 aromatic rings. The normalized spacial score (nSPS) is 15.5. The van der Waals surface area contributed by atoms with E-state index in [4.69, 9.17) is 0 Å². The molecule has 1 saturated heterocycles. The first-order valence-corrected chi connectivity index (χ1v) is 14.9. The molecule has 0 radical (unpaired) electrons. The first-order valence-electron chi connectivity index (χ1n) is 13.2. The maximum atomic E-state index is 15.3. The quantitative estimate of drug-likeness (QED) is 0.273. The minimum absolute atomic E-state index is 0.145. The summed E-state index contributed by atoms with van der Waals surface area (Å²) in [7, 11) is -4.05. The largest absolute Gasteiger partial charge is 0.465 e. The Kier molecular flexibility index (Phi) is 8.07. The van der Waals surface area contributed by atoms with Gasteiger partial charge in [-0.25, -0.2) is 27.0 Å². The molecule has 42 heavy (non-hydrogen) atoms. The van der Waals surface area contributed by atoms with Crippen LogP contribution >= 0.6 is 0 Å². The monoisotopic (exact) mass is 598 g/mol. The number of fused-ring (bicyclic) bond motifs is 1. The lowest BCUT2D eigenvalue weighted by Gasteiger charge is -2.31. The van der Waals surface area contributed by atoms with Crippen molar-refractivity contribution in [3.8, 4) is 11.1 Å². The second-order valence-corrected chi connectivity index (χ2v) is 11.6. The van der Waals surface area contributed by atoms with Crippen molar-refractivity contribution in [1.82, 2.24) is 19.4 Å². The summed E-state index contributed by atoms with van der Waals surface area (Å²) in [5.74, 6) is -3.05. The predicted octanol–water partition coefficient (Wildman–Crippen LogP) is 4.25. The van der Waals surface area contributed by atoms with Crippen LogP contribution in [-0.4, -0.2) is 58.2 Å². The van der Waals surface area contributed by atoms with Crippen LogP contribution in [0.2, 0.25) is 0 Å². The molecule has 5 rings (SSSR count). The van der Waals surface area contributed by atoms with E-state index in [2.05, 4.69) is 20.0 Å². The molecule has 3 N–H and O–H groups in total. The molecule has 11 nitrogen and oxygen atoms in total. The molecule has 0 aliphatic carbocycles. The zero-order valence-corrected chi connectivity index (χ0v) is 23.4. The molecule has 1 aliphatic rings. The van der Waals surface area contributed by atoms with Gasteiger partial charge in [0.2, 0.25) is 16.0 Å². The summed E-state index contributed by atoms with van der Waals surface area (Å²) in [4.78, 5) is 34.8. The number of amides is 1. The number of nitrogens with zero attached hydrogens (tertiary/aromatic N) is 4. The second-order valence-electron chi connectivity index (χ2n) is 9.93. The first-order chi connectivity index (χ1) is 20.1. The molecule has 1 fully saturated rings. The summed E-state index contributed by atoms with van der Waals surface area (Å²) >= 11 is 0. The SMILES string of the molecule is CCn1c(=O)c(-c2ccc(NS(=O)(=O)Cc3ccccc3)c(F)c2F)cc2cnc(N[C@H]3CCCN(C(=O)O)C3)nc21. The van der Waals surface area contributed by atoms with Crippen LogP contribution in [0.1, 0.15) is 25.3 Å². The van der Waals surface area contributed by atoms with E-state index in [1.54, 1.807) is 37.3 Å². The maximum Gasteiger partial charge on any atom is 0.407 e. The Bertz CT molecular complexity index is 1820. The Morgan fingerprint density at radius 3 is 2.60 bits per heavy atom. The van der Waals surface area contributed by atoms with Gasteiger partial charge in [0.05, 0.1) is 17.0 Å². The third-order valence-corrected chi connectivity index (χ3v) is 8.25. The fourth-order valence-corrected chi connectivity index (χ4v) is 6.20. The van der Waals surface area contributed by atoms with Gasteiger partial charge in [0.15, 0.2) is 11.6 Å². The molecule has 0 unspecified atom stereocenters. The van der Waals surface area contributed by atoms with Crippen LogP contribution < -0.4 is 15.6 Å². The maximum absolute atomic E-state index is 15.3. The molecule has 1 atom stereocenters. The van der Waals surface area contributed by atoms with Crippen molar-refractivity contribution in [1.29, 1.82) is 0 Å². The van der Waals surface area contributed by atoms with Crippen LogP contribution in [0.25, 0.3) is 22.2 Å².